The molecule has 4 aromatic rings. The van der Waals surface area contributed by atoms with Crippen molar-refractivity contribution >= 4 is 39.1 Å². The van der Waals surface area contributed by atoms with Gasteiger partial charge in [-0.3, -0.25) is 4.79 Å². The minimum atomic E-state index is -1.05. The van der Waals surface area contributed by atoms with E-state index >= 15 is 4.39 Å². The Bertz CT molecular complexity index is 1300. The van der Waals surface area contributed by atoms with Gasteiger partial charge >= 0.3 is 0 Å². The van der Waals surface area contributed by atoms with Gasteiger partial charge in [-0.05, 0) is 51.9 Å². The molecule has 1 saturated heterocycles. The predicted molar refractivity (Wildman–Crippen MR) is 118 cm³/mol. The molecule has 7 nitrogen and oxygen atoms in total. The minimum Gasteiger partial charge on any atom is -0.428 e. The van der Waals surface area contributed by atoms with Gasteiger partial charge in [-0.2, -0.15) is 0 Å². The molecule has 1 aromatic carbocycles. The average Bonchev–Trinajstić information content (AvgIpc) is 3.31. The highest BCUT2D eigenvalue weighted by atomic mass is 32.1. The standard InChI is InChI=1S/C22H22FN5O2S/c1-12-25-16-10-18(30-11-29)14(9-19(16)31-12)15-8-13-5-7-28(21(13)27-26-15)17-4-6-24-22(2,3)20(17)23/h5,7-11,17,20,24H,4,6H2,1-3H3/t17-,20-/m1/s1. The number of aryl methyl sites for hydroxylation is 1. The maximum absolute atomic E-state index is 15.2. The van der Waals surface area contributed by atoms with E-state index < -0.39 is 11.7 Å². The van der Waals surface area contributed by atoms with Gasteiger partial charge in [-0.15, -0.1) is 21.5 Å². The van der Waals surface area contributed by atoms with Crippen LogP contribution in [0.1, 0.15) is 31.3 Å². The van der Waals surface area contributed by atoms with Crippen LogP contribution in [0.3, 0.4) is 0 Å². The van der Waals surface area contributed by atoms with Gasteiger partial charge in [-0.1, -0.05) is 0 Å². The molecule has 5 rings (SSSR count). The number of rotatable bonds is 4. The number of alkyl halides is 1. The number of hydrogen-bond acceptors (Lipinski definition) is 7. The molecule has 1 aliphatic rings. The number of nitrogens with zero attached hydrogens (tertiary/aromatic N) is 4. The lowest BCUT2D eigenvalue weighted by Gasteiger charge is -2.40. The van der Waals surface area contributed by atoms with Crippen LogP contribution in [-0.2, 0) is 4.79 Å². The second-order valence-corrected chi connectivity index (χ2v) is 9.64. The summed E-state index contributed by atoms with van der Waals surface area (Å²) in [6.45, 7) is 6.83. The Morgan fingerprint density at radius 3 is 2.97 bits per heavy atom. The fraction of sp³-hybridized carbons (Fsp3) is 0.364. The summed E-state index contributed by atoms with van der Waals surface area (Å²) in [4.78, 5) is 15.5. The average molecular weight is 440 g/mol. The Labute approximate surface area is 182 Å². The second-order valence-electron chi connectivity index (χ2n) is 8.40. The summed E-state index contributed by atoms with van der Waals surface area (Å²) in [6.07, 6.45) is 1.50. The van der Waals surface area contributed by atoms with Crippen molar-refractivity contribution in [2.75, 3.05) is 6.54 Å². The zero-order valence-electron chi connectivity index (χ0n) is 17.4. The molecule has 0 bridgehead atoms. The lowest BCUT2D eigenvalue weighted by atomic mass is 9.87. The van der Waals surface area contributed by atoms with Gasteiger partial charge in [0.15, 0.2) is 5.65 Å². The molecular weight excluding hydrogens is 417 g/mol. The van der Waals surface area contributed by atoms with Crippen LogP contribution in [0.25, 0.3) is 32.5 Å². The minimum absolute atomic E-state index is 0.306. The van der Waals surface area contributed by atoms with Gasteiger partial charge in [0.2, 0.25) is 0 Å². The van der Waals surface area contributed by atoms with E-state index in [1.807, 2.05) is 49.7 Å². The number of fused-ring (bicyclic) bond motifs is 2. The van der Waals surface area contributed by atoms with E-state index in [1.165, 1.54) is 0 Å². The van der Waals surface area contributed by atoms with Crippen LogP contribution < -0.4 is 10.1 Å². The number of hydrogen-bond donors (Lipinski definition) is 1. The lowest BCUT2D eigenvalue weighted by molar-refractivity contribution is -0.120. The smallest absolute Gasteiger partial charge is 0.298 e. The van der Waals surface area contributed by atoms with Gasteiger partial charge in [0.1, 0.15) is 11.9 Å². The molecule has 0 unspecified atom stereocenters. The Hall–Kier alpha value is -2.91. The number of nitrogens with one attached hydrogen (secondary N) is 1. The van der Waals surface area contributed by atoms with E-state index in [2.05, 4.69) is 20.5 Å². The van der Waals surface area contributed by atoms with Crippen molar-refractivity contribution in [3.63, 3.8) is 0 Å². The first kappa shape index (κ1) is 20.0. The molecule has 1 N–H and O–H groups in total. The molecule has 3 aromatic heterocycles. The molecule has 0 amide bonds. The van der Waals surface area contributed by atoms with Crippen LogP contribution >= 0.6 is 11.3 Å². The zero-order valence-corrected chi connectivity index (χ0v) is 18.2. The van der Waals surface area contributed by atoms with Crippen LogP contribution in [0.15, 0.2) is 30.5 Å². The quantitative estimate of drug-likeness (QED) is 0.480. The molecule has 31 heavy (non-hydrogen) atoms. The Balaban J connectivity index is 1.59. The first-order valence-corrected chi connectivity index (χ1v) is 10.9. The normalized spacial score (nSPS) is 20.9. The van der Waals surface area contributed by atoms with Gasteiger partial charge < -0.3 is 14.6 Å². The summed E-state index contributed by atoms with van der Waals surface area (Å²) < 4.78 is 23.2. The van der Waals surface area contributed by atoms with Crippen LogP contribution in [0.5, 0.6) is 5.75 Å². The van der Waals surface area contributed by atoms with Crippen molar-refractivity contribution < 1.29 is 13.9 Å². The van der Waals surface area contributed by atoms with Crippen molar-refractivity contribution in [2.45, 2.75) is 44.9 Å². The van der Waals surface area contributed by atoms with Gasteiger partial charge in [0, 0.05) is 28.8 Å². The molecule has 0 saturated carbocycles. The molecule has 0 spiro atoms. The number of carbonyl (C=O) groups is 1. The fourth-order valence-electron chi connectivity index (χ4n) is 4.32. The Morgan fingerprint density at radius 2 is 2.16 bits per heavy atom. The molecule has 4 heterocycles. The highest BCUT2D eigenvalue weighted by Gasteiger charge is 2.40. The molecule has 160 valence electrons. The van der Waals surface area contributed by atoms with Crippen molar-refractivity contribution in [1.29, 1.82) is 0 Å². The largest absolute Gasteiger partial charge is 0.428 e. The molecule has 9 heteroatoms. The van der Waals surface area contributed by atoms with Crippen molar-refractivity contribution in [3.8, 4) is 17.0 Å². The topological polar surface area (TPSA) is 81.9 Å². The summed E-state index contributed by atoms with van der Waals surface area (Å²) in [6, 6.07) is 7.17. The number of benzene rings is 1. The third-order valence-electron chi connectivity index (χ3n) is 5.92. The zero-order chi connectivity index (χ0) is 21.8. The van der Waals surface area contributed by atoms with E-state index in [1.54, 1.807) is 17.4 Å². The molecule has 1 fully saturated rings. The number of thiazole rings is 1. The van der Waals surface area contributed by atoms with Crippen molar-refractivity contribution in [3.05, 3.63) is 35.5 Å². The van der Waals surface area contributed by atoms with Crippen LogP contribution in [0.2, 0.25) is 0 Å². The molecular formula is C22H22FN5O2S. The Kier molecular flexibility index (Phi) is 4.75. The predicted octanol–water partition coefficient (Wildman–Crippen LogP) is 4.20. The number of aromatic nitrogens is 4. The lowest BCUT2D eigenvalue weighted by Crippen LogP contribution is -2.55. The number of carbonyl (C=O) groups excluding carboxylic acids is 1. The summed E-state index contributed by atoms with van der Waals surface area (Å²) in [5, 5.41) is 13.9. The summed E-state index contributed by atoms with van der Waals surface area (Å²) >= 11 is 1.56. The fourth-order valence-corrected chi connectivity index (χ4v) is 5.17. The highest BCUT2D eigenvalue weighted by Crippen LogP contribution is 2.37. The van der Waals surface area contributed by atoms with Crippen LogP contribution in [0.4, 0.5) is 4.39 Å². The van der Waals surface area contributed by atoms with E-state index in [0.29, 0.717) is 35.5 Å². The summed E-state index contributed by atoms with van der Waals surface area (Å²) in [5.41, 5.74) is 2.05. The first-order chi connectivity index (χ1) is 14.9. The van der Waals surface area contributed by atoms with Crippen LogP contribution in [-0.4, -0.2) is 44.5 Å². The highest BCUT2D eigenvalue weighted by molar-refractivity contribution is 7.18. The molecule has 2 atom stereocenters. The summed E-state index contributed by atoms with van der Waals surface area (Å²) in [7, 11) is 0. The van der Waals surface area contributed by atoms with Gasteiger partial charge in [0.05, 0.1) is 27.0 Å². The third-order valence-corrected chi connectivity index (χ3v) is 6.85. The van der Waals surface area contributed by atoms with Crippen molar-refractivity contribution in [2.24, 2.45) is 0 Å². The van der Waals surface area contributed by atoms with E-state index in [4.69, 9.17) is 4.74 Å². The second kappa shape index (κ2) is 7.35. The molecule has 1 aliphatic heterocycles. The number of piperidine rings is 1. The van der Waals surface area contributed by atoms with Crippen molar-refractivity contribution in [1.82, 2.24) is 25.1 Å². The van der Waals surface area contributed by atoms with E-state index in [0.717, 1.165) is 27.2 Å². The maximum Gasteiger partial charge on any atom is 0.298 e. The van der Waals surface area contributed by atoms with Gasteiger partial charge in [0.25, 0.3) is 6.47 Å². The van der Waals surface area contributed by atoms with Gasteiger partial charge in [-0.25, -0.2) is 9.37 Å². The first-order valence-electron chi connectivity index (χ1n) is 10.1. The Morgan fingerprint density at radius 1 is 1.32 bits per heavy atom. The maximum atomic E-state index is 15.2. The number of halogens is 1. The number of ether oxygens (including phenoxy) is 1. The van der Waals surface area contributed by atoms with E-state index in [9.17, 15) is 4.79 Å². The van der Waals surface area contributed by atoms with E-state index in [-0.39, 0.29) is 6.04 Å². The SMILES string of the molecule is Cc1nc2cc(OC=O)c(-c3cc4ccn([C@@H]5CCNC(C)(C)[C@@H]5F)c4nn3)cc2s1. The van der Waals surface area contributed by atoms with Crippen LogP contribution in [0, 0.1) is 6.92 Å². The molecule has 0 aliphatic carbocycles. The third kappa shape index (κ3) is 3.37. The molecule has 0 radical (unpaired) electrons. The summed E-state index contributed by atoms with van der Waals surface area (Å²) in [5.74, 6) is 0.379. The monoisotopic (exact) mass is 439 g/mol.